The summed E-state index contributed by atoms with van der Waals surface area (Å²) in [5.41, 5.74) is 3.25. The molecule has 0 unspecified atom stereocenters. The van der Waals surface area contributed by atoms with Crippen molar-refractivity contribution in [2.75, 3.05) is 9.96 Å². The first-order valence-electron chi connectivity index (χ1n) is 9.50. The smallest absolute Gasteiger partial charge is 0.266 e. The third-order valence-electron chi connectivity index (χ3n) is 5.44. The summed E-state index contributed by atoms with van der Waals surface area (Å²) in [6.07, 6.45) is 2.54. The fourth-order valence-corrected chi connectivity index (χ4v) is 4.05. The first-order chi connectivity index (χ1) is 14.1. The van der Waals surface area contributed by atoms with Gasteiger partial charge in [-0.3, -0.25) is 19.4 Å². The lowest BCUT2D eigenvalue weighted by Crippen LogP contribution is -2.37. The number of aryl methyl sites for hydroxylation is 1. The van der Waals surface area contributed by atoms with Gasteiger partial charge in [-0.2, -0.15) is 0 Å². The number of anilines is 2. The highest BCUT2D eigenvalue weighted by Gasteiger charge is 2.60. The Hall–Kier alpha value is -3.51. The molecule has 2 amide bonds. The second kappa shape index (κ2) is 6.83. The summed E-state index contributed by atoms with van der Waals surface area (Å²) >= 11 is 0. The van der Waals surface area contributed by atoms with Crippen LogP contribution in [0.5, 0.6) is 0 Å². The van der Waals surface area contributed by atoms with Crippen LogP contribution in [-0.4, -0.2) is 22.9 Å². The average molecular weight is 385 g/mol. The molecule has 2 fully saturated rings. The quantitative estimate of drug-likeness (QED) is 0.647. The van der Waals surface area contributed by atoms with Crippen LogP contribution in [0.2, 0.25) is 0 Å². The van der Waals surface area contributed by atoms with Gasteiger partial charge in [-0.1, -0.05) is 42.0 Å². The Balaban J connectivity index is 1.58. The normalized spacial score (nSPS) is 23.6. The summed E-state index contributed by atoms with van der Waals surface area (Å²) in [7, 11) is 0. The molecule has 3 aromatic rings. The molecule has 2 aromatic carbocycles. The molecular weight excluding hydrogens is 366 g/mol. The Morgan fingerprint density at radius 1 is 0.862 bits per heavy atom. The van der Waals surface area contributed by atoms with Gasteiger partial charge in [0.1, 0.15) is 5.92 Å². The number of amides is 2. The van der Waals surface area contributed by atoms with E-state index in [-0.39, 0.29) is 11.8 Å². The molecule has 5 rings (SSSR count). The van der Waals surface area contributed by atoms with Crippen molar-refractivity contribution in [2.24, 2.45) is 5.92 Å². The molecule has 0 aliphatic carbocycles. The minimum Gasteiger partial charge on any atom is -0.273 e. The molecule has 6 nitrogen and oxygen atoms in total. The summed E-state index contributed by atoms with van der Waals surface area (Å²) in [6, 6.07) is 20.2. The molecule has 6 heteroatoms. The number of hydrogen-bond acceptors (Lipinski definition) is 5. The zero-order valence-electron chi connectivity index (χ0n) is 15.8. The van der Waals surface area contributed by atoms with Crippen LogP contribution in [0.15, 0.2) is 79.1 Å². The maximum atomic E-state index is 13.4. The minimum absolute atomic E-state index is 0.254. The fourth-order valence-electron chi connectivity index (χ4n) is 4.05. The van der Waals surface area contributed by atoms with E-state index in [0.29, 0.717) is 5.69 Å². The molecule has 3 atom stereocenters. The van der Waals surface area contributed by atoms with E-state index in [2.05, 4.69) is 4.98 Å². The summed E-state index contributed by atoms with van der Waals surface area (Å²) in [5, 5.41) is 1.68. The van der Waals surface area contributed by atoms with E-state index < -0.39 is 18.1 Å². The zero-order valence-corrected chi connectivity index (χ0v) is 15.8. The first kappa shape index (κ1) is 17.6. The predicted molar refractivity (Wildman–Crippen MR) is 108 cm³/mol. The highest BCUT2D eigenvalue weighted by Crippen LogP contribution is 2.47. The molecule has 144 valence electrons. The first-order valence-corrected chi connectivity index (χ1v) is 9.50. The largest absolute Gasteiger partial charge is 0.273 e. The third-order valence-corrected chi connectivity index (χ3v) is 5.44. The Kier molecular flexibility index (Phi) is 4.14. The molecule has 0 N–H and O–H groups in total. The molecule has 0 spiro atoms. The molecule has 0 radical (unpaired) electrons. The Morgan fingerprint density at radius 3 is 2.31 bits per heavy atom. The molecule has 29 heavy (non-hydrogen) atoms. The van der Waals surface area contributed by atoms with Crippen LogP contribution in [0.1, 0.15) is 17.2 Å². The van der Waals surface area contributed by atoms with Crippen LogP contribution >= 0.6 is 0 Å². The number of aromatic nitrogens is 1. The van der Waals surface area contributed by atoms with Crippen molar-refractivity contribution in [3.05, 3.63) is 90.3 Å². The number of hydrogen-bond donors (Lipinski definition) is 0. The number of rotatable bonds is 3. The molecule has 0 saturated carbocycles. The number of imide groups is 1. The molecule has 0 bridgehead atoms. The average Bonchev–Trinajstić information content (AvgIpc) is 3.27. The van der Waals surface area contributed by atoms with Gasteiger partial charge >= 0.3 is 0 Å². The molecule has 2 aliphatic rings. The van der Waals surface area contributed by atoms with Gasteiger partial charge in [0.05, 0.1) is 17.4 Å². The molecule has 1 aromatic heterocycles. The van der Waals surface area contributed by atoms with Crippen molar-refractivity contribution in [2.45, 2.75) is 19.1 Å². The van der Waals surface area contributed by atoms with E-state index in [9.17, 15) is 9.59 Å². The second-order valence-electron chi connectivity index (χ2n) is 7.29. The number of pyridine rings is 1. The van der Waals surface area contributed by atoms with E-state index >= 15 is 0 Å². The van der Waals surface area contributed by atoms with Crippen LogP contribution in [0, 0.1) is 12.8 Å². The van der Waals surface area contributed by atoms with Crippen LogP contribution in [0.3, 0.4) is 0 Å². The third kappa shape index (κ3) is 2.80. The summed E-state index contributed by atoms with van der Waals surface area (Å²) in [5.74, 6) is -1.24. The van der Waals surface area contributed by atoms with Gasteiger partial charge < -0.3 is 0 Å². The number of carbonyl (C=O) groups is 2. The van der Waals surface area contributed by atoms with Crippen molar-refractivity contribution in [3.63, 3.8) is 0 Å². The van der Waals surface area contributed by atoms with E-state index in [1.54, 1.807) is 29.6 Å². The number of carbonyl (C=O) groups excluding carboxylic acids is 2. The van der Waals surface area contributed by atoms with Crippen LogP contribution in [0.25, 0.3) is 0 Å². The molecule has 3 heterocycles. The fraction of sp³-hybridized carbons (Fsp3) is 0.174. The Morgan fingerprint density at radius 2 is 1.62 bits per heavy atom. The van der Waals surface area contributed by atoms with Crippen molar-refractivity contribution >= 4 is 23.2 Å². The van der Waals surface area contributed by atoms with Gasteiger partial charge in [0.25, 0.3) is 5.91 Å². The number of para-hydroxylation sites is 1. The van der Waals surface area contributed by atoms with Gasteiger partial charge in [-0.15, -0.1) is 0 Å². The van der Waals surface area contributed by atoms with Gasteiger partial charge in [0.15, 0.2) is 6.10 Å². The van der Waals surface area contributed by atoms with Crippen molar-refractivity contribution in [1.82, 2.24) is 4.98 Å². The van der Waals surface area contributed by atoms with E-state index in [0.717, 1.165) is 16.8 Å². The maximum absolute atomic E-state index is 13.4. The lowest BCUT2D eigenvalue weighted by Gasteiger charge is -2.28. The number of nitrogens with zero attached hydrogens (tertiary/aromatic N) is 3. The molecular formula is C23H19N3O3. The molecule has 2 aliphatic heterocycles. The number of benzene rings is 2. The van der Waals surface area contributed by atoms with Crippen molar-refractivity contribution in [1.29, 1.82) is 0 Å². The SMILES string of the molecule is Cc1ccc(N2C(=O)[C@@H]3[C@H](ON(c4ccccc4)[C@H]3c3cccnc3)C2=O)cc1. The highest BCUT2D eigenvalue weighted by molar-refractivity contribution is 6.23. The summed E-state index contributed by atoms with van der Waals surface area (Å²) in [4.78, 5) is 38.1. The number of fused-ring (bicyclic) bond motifs is 1. The highest BCUT2D eigenvalue weighted by atomic mass is 16.7. The maximum Gasteiger partial charge on any atom is 0.266 e. The predicted octanol–water partition coefficient (Wildman–Crippen LogP) is 3.44. The Bertz CT molecular complexity index is 1050. The lowest BCUT2D eigenvalue weighted by atomic mass is 9.91. The van der Waals surface area contributed by atoms with Gasteiger partial charge in [-0.05, 0) is 42.8 Å². The zero-order chi connectivity index (χ0) is 20.0. The standard InChI is InChI=1S/C23H19N3O3/c1-15-9-11-17(12-10-15)25-22(27)19-20(16-6-5-13-24-14-16)26(29-21(19)23(25)28)18-7-3-2-4-8-18/h2-14,19-21H,1H3/t19-,20-,21-/m0/s1. The lowest BCUT2D eigenvalue weighted by molar-refractivity contribution is -0.126. The van der Waals surface area contributed by atoms with E-state index in [1.807, 2.05) is 61.5 Å². The summed E-state index contributed by atoms with van der Waals surface area (Å²) < 4.78 is 0. The molecule has 2 saturated heterocycles. The van der Waals surface area contributed by atoms with Gasteiger partial charge in [0.2, 0.25) is 5.91 Å². The minimum atomic E-state index is -0.866. The van der Waals surface area contributed by atoms with Gasteiger partial charge in [-0.25, -0.2) is 9.96 Å². The van der Waals surface area contributed by atoms with E-state index in [1.165, 1.54) is 4.90 Å². The van der Waals surface area contributed by atoms with Crippen LogP contribution in [-0.2, 0) is 14.4 Å². The van der Waals surface area contributed by atoms with Crippen LogP contribution < -0.4 is 9.96 Å². The topological polar surface area (TPSA) is 62.7 Å². The Labute approximate surface area is 168 Å². The number of hydroxylamine groups is 1. The summed E-state index contributed by atoms with van der Waals surface area (Å²) in [6.45, 7) is 1.96. The van der Waals surface area contributed by atoms with Crippen molar-refractivity contribution in [3.8, 4) is 0 Å². The monoisotopic (exact) mass is 385 g/mol. The van der Waals surface area contributed by atoms with Crippen molar-refractivity contribution < 1.29 is 14.4 Å². The second-order valence-corrected chi connectivity index (χ2v) is 7.29. The van der Waals surface area contributed by atoms with Gasteiger partial charge in [0, 0.05) is 12.4 Å². The van der Waals surface area contributed by atoms with Crippen LogP contribution in [0.4, 0.5) is 11.4 Å². The van der Waals surface area contributed by atoms with E-state index in [4.69, 9.17) is 4.84 Å².